The minimum atomic E-state index is 0.344. The molecular weight excluding hydrogens is 424 g/mol. The Balaban J connectivity index is 0. The molecule has 0 radical (unpaired) electrons. The minimum Gasteiger partial charge on any atom is -0.396 e. The van der Waals surface area contributed by atoms with Gasteiger partial charge in [0.25, 0.3) is 0 Å². The first-order valence-electron chi connectivity index (χ1n) is 14.1. The number of aliphatic hydroxyl groups is 1. The Morgan fingerprint density at radius 2 is 0.743 bits per heavy atom. The number of rotatable bonds is 17. The van der Waals surface area contributed by atoms with Crippen LogP contribution in [0.5, 0.6) is 0 Å². The van der Waals surface area contributed by atoms with Crippen LogP contribution in [0, 0.1) is 0 Å². The van der Waals surface area contributed by atoms with E-state index in [-0.39, 0.29) is 0 Å². The summed E-state index contributed by atoms with van der Waals surface area (Å²) in [6.45, 7) is 20.2. The van der Waals surface area contributed by atoms with Gasteiger partial charge in [-0.1, -0.05) is 83.2 Å². The molecule has 35 heavy (non-hydrogen) atoms. The summed E-state index contributed by atoms with van der Waals surface area (Å²) < 4.78 is 0. The monoisotopic (exact) mass is 484 g/mol. The van der Waals surface area contributed by atoms with Crippen LogP contribution in [0.1, 0.15) is 139 Å². The van der Waals surface area contributed by atoms with Crippen LogP contribution < -0.4 is 0 Å². The van der Waals surface area contributed by atoms with E-state index in [1.165, 1.54) is 97.6 Å². The summed E-state index contributed by atoms with van der Waals surface area (Å²) in [7, 11) is 0. The second-order valence-corrected chi connectivity index (χ2v) is 10.6. The molecule has 0 saturated heterocycles. The zero-order valence-electron chi connectivity index (χ0n) is 25.1. The number of hydrogen-bond acceptors (Lipinski definition) is 1. The highest BCUT2D eigenvalue weighted by atomic mass is 16.2. The lowest BCUT2D eigenvalue weighted by Crippen LogP contribution is -1.82. The zero-order valence-corrected chi connectivity index (χ0v) is 25.1. The van der Waals surface area contributed by atoms with Crippen LogP contribution in [0.2, 0.25) is 0 Å². The molecule has 0 unspecified atom stereocenters. The summed E-state index contributed by atoms with van der Waals surface area (Å²) in [5.74, 6) is 0. The van der Waals surface area contributed by atoms with Crippen molar-refractivity contribution in [3.63, 3.8) is 0 Å². The quantitative estimate of drug-likeness (QED) is 0.161. The topological polar surface area (TPSA) is 20.2 Å². The maximum absolute atomic E-state index is 8.07. The van der Waals surface area contributed by atoms with E-state index in [1.807, 2.05) is 0 Å². The molecule has 0 aromatic heterocycles. The largest absolute Gasteiger partial charge is 0.396 e. The average Bonchev–Trinajstić information content (AvgIpc) is 2.77. The molecule has 0 aliphatic heterocycles. The Hall–Kier alpha value is -1.60. The van der Waals surface area contributed by atoms with Crippen molar-refractivity contribution in [3.8, 4) is 0 Å². The Morgan fingerprint density at radius 3 is 0.971 bits per heavy atom. The third kappa shape index (κ3) is 30.4. The molecule has 0 spiro atoms. The highest BCUT2D eigenvalue weighted by molar-refractivity contribution is 5.08. The first-order chi connectivity index (χ1) is 16.6. The van der Waals surface area contributed by atoms with E-state index in [4.69, 9.17) is 5.11 Å². The van der Waals surface area contributed by atoms with Gasteiger partial charge in [0.15, 0.2) is 0 Å². The molecular formula is C34H60O. The molecule has 0 bridgehead atoms. The summed E-state index contributed by atoms with van der Waals surface area (Å²) in [6, 6.07) is 0. The van der Waals surface area contributed by atoms with Crippen LogP contribution in [0.15, 0.2) is 69.9 Å². The number of allylic oxidation sites excluding steroid dienone is 12. The van der Waals surface area contributed by atoms with Crippen molar-refractivity contribution in [3.05, 3.63) is 69.9 Å². The molecule has 0 aliphatic rings. The third-order valence-corrected chi connectivity index (χ3v) is 5.91. The molecule has 0 aliphatic carbocycles. The smallest absolute Gasteiger partial charge is 0.0430 e. The Morgan fingerprint density at radius 1 is 0.457 bits per heavy atom. The highest BCUT2D eigenvalue weighted by Crippen LogP contribution is 2.14. The van der Waals surface area contributed by atoms with Crippen molar-refractivity contribution >= 4 is 0 Å². The predicted molar refractivity (Wildman–Crippen MR) is 162 cm³/mol. The van der Waals surface area contributed by atoms with Crippen LogP contribution in [0.3, 0.4) is 0 Å². The SMILES string of the molecule is CC(C)=CCC/C(C)=C/CC/C(C)=C/CC/C=C(\C)CC/C=C(\C)CCC=C(C)C.CCCCO. The molecule has 0 heterocycles. The summed E-state index contributed by atoms with van der Waals surface area (Å²) in [6.07, 6.45) is 28.3. The lowest BCUT2D eigenvalue weighted by Gasteiger charge is -2.02. The fraction of sp³-hybridized carbons (Fsp3) is 0.647. The molecule has 0 saturated carbocycles. The third-order valence-electron chi connectivity index (χ3n) is 5.91. The van der Waals surface area contributed by atoms with Crippen LogP contribution in [-0.2, 0) is 0 Å². The van der Waals surface area contributed by atoms with E-state index < -0.39 is 0 Å². The Kier molecular flexibility index (Phi) is 25.9. The van der Waals surface area contributed by atoms with Crippen LogP contribution in [0.25, 0.3) is 0 Å². The van der Waals surface area contributed by atoms with Gasteiger partial charge in [-0.3, -0.25) is 0 Å². The van der Waals surface area contributed by atoms with Gasteiger partial charge in [-0.2, -0.15) is 0 Å². The normalized spacial score (nSPS) is 12.7. The second-order valence-electron chi connectivity index (χ2n) is 10.6. The fourth-order valence-corrected chi connectivity index (χ4v) is 3.50. The standard InChI is InChI=1S/C30H50.C4H10O/c1-25(2)15-11-19-29(7)23-13-21-27(5)17-9-10-18-28(6)22-14-24-30(8)20-12-16-26(3)4;1-2-3-4-5/h15-18,23-24H,9-14,19-22H2,1-8H3;5H,2-4H2,1H3/b27-17+,28-18+,29-23+,30-24+;. The van der Waals surface area contributed by atoms with Crippen LogP contribution in [-0.4, -0.2) is 11.7 Å². The number of aliphatic hydroxyl groups excluding tert-OH is 1. The Labute approximate surface area is 220 Å². The lowest BCUT2D eigenvalue weighted by atomic mass is 10.0. The van der Waals surface area contributed by atoms with E-state index in [1.54, 1.807) is 0 Å². The lowest BCUT2D eigenvalue weighted by molar-refractivity contribution is 0.287. The van der Waals surface area contributed by atoms with Gasteiger partial charge >= 0.3 is 0 Å². The summed E-state index contributed by atoms with van der Waals surface area (Å²) >= 11 is 0. The summed E-state index contributed by atoms with van der Waals surface area (Å²) in [5, 5.41) is 8.07. The van der Waals surface area contributed by atoms with Gasteiger partial charge in [0, 0.05) is 6.61 Å². The van der Waals surface area contributed by atoms with Gasteiger partial charge in [0.1, 0.15) is 0 Å². The number of hydrogen-bond donors (Lipinski definition) is 1. The molecule has 0 rings (SSSR count). The molecule has 1 nitrogen and oxygen atoms in total. The van der Waals surface area contributed by atoms with Gasteiger partial charge < -0.3 is 5.11 Å². The average molecular weight is 485 g/mol. The van der Waals surface area contributed by atoms with Crippen molar-refractivity contribution in [2.75, 3.05) is 6.61 Å². The highest BCUT2D eigenvalue weighted by Gasteiger charge is 1.94. The predicted octanol–water partition coefficient (Wildman–Crippen LogP) is 11.4. The minimum absolute atomic E-state index is 0.344. The van der Waals surface area contributed by atoms with E-state index in [9.17, 15) is 0 Å². The van der Waals surface area contributed by atoms with Crippen molar-refractivity contribution in [1.29, 1.82) is 0 Å². The van der Waals surface area contributed by atoms with E-state index in [0.29, 0.717) is 6.61 Å². The molecule has 0 aromatic rings. The van der Waals surface area contributed by atoms with Crippen LogP contribution >= 0.6 is 0 Å². The van der Waals surface area contributed by atoms with E-state index >= 15 is 0 Å². The maximum Gasteiger partial charge on any atom is 0.0430 e. The number of unbranched alkanes of at least 4 members (excludes halogenated alkanes) is 2. The molecule has 1 heteroatoms. The summed E-state index contributed by atoms with van der Waals surface area (Å²) in [5.41, 5.74) is 8.97. The Bertz CT molecular complexity index is 626. The van der Waals surface area contributed by atoms with Gasteiger partial charge in [-0.25, -0.2) is 0 Å². The second kappa shape index (κ2) is 25.5. The molecule has 0 atom stereocenters. The van der Waals surface area contributed by atoms with Crippen molar-refractivity contribution < 1.29 is 5.11 Å². The first kappa shape index (κ1) is 35.6. The molecule has 1 N–H and O–H groups in total. The summed E-state index contributed by atoms with van der Waals surface area (Å²) in [4.78, 5) is 0. The van der Waals surface area contributed by atoms with Gasteiger partial charge in [-0.15, -0.1) is 0 Å². The maximum atomic E-state index is 8.07. The van der Waals surface area contributed by atoms with Crippen LogP contribution in [0.4, 0.5) is 0 Å². The molecule has 0 aromatic carbocycles. The van der Waals surface area contributed by atoms with Gasteiger partial charge in [-0.05, 0) is 126 Å². The van der Waals surface area contributed by atoms with Crippen molar-refractivity contribution in [1.82, 2.24) is 0 Å². The van der Waals surface area contributed by atoms with Gasteiger partial charge in [0.2, 0.25) is 0 Å². The molecule has 0 amide bonds. The van der Waals surface area contributed by atoms with E-state index in [0.717, 1.165) is 12.8 Å². The molecule has 202 valence electrons. The van der Waals surface area contributed by atoms with Gasteiger partial charge in [0.05, 0.1) is 0 Å². The molecule has 0 fully saturated rings. The van der Waals surface area contributed by atoms with E-state index in [2.05, 4.69) is 98.8 Å². The zero-order chi connectivity index (χ0) is 26.9. The van der Waals surface area contributed by atoms with Crippen molar-refractivity contribution in [2.45, 2.75) is 139 Å². The fourth-order valence-electron chi connectivity index (χ4n) is 3.50. The van der Waals surface area contributed by atoms with Crippen molar-refractivity contribution in [2.24, 2.45) is 0 Å². The first-order valence-corrected chi connectivity index (χ1v) is 14.1.